The van der Waals surface area contributed by atoms with Crippen LogP contribution >= 0.6 is 0 Å². The third-order valence-electron chi connectivity index (χ3n) is 3.29. The third-order valence-corrected chi connectivity index (χ3v) is 3.29. The Bertz CT molecular complexity index is 151. The minimum absolute atomic E-state index is 0.734. The molecule has 11 heavy (non-hydrogen) atoms. The van der Waals surface area contributed by atoms with Crippen molar-refractivity contribution in [3.8, 4) is 0 Å². The monoisotopic (exact) mass is 152 g/mol. The van der Waals surface area contributed by atoms with Crippen LogP contribution < -0.4 is 0 Å². The summed E-state index contributed by atoms with van der Waals surface area (Å²) in [7, 11) is 0. The highest BCUT2D eigenvalue weighted by Gasteiger charge is 2.41. The lowest BCUT2D eigenvalue weighted by atomic mass is 9.87. The largest absolute Gasteiger partial charge is 0.0999 e. The maximum absolute atomic E-state index is 4.00. The molecule has 0 spiro atoms. The van der Waals surface area contributed by atoms with Gasteiger partial charge in [0, 0.05) is 0 Å². The highest BCUT2D eigenvalue weighted by molar-refractivity contribution is 5.01. The quantitative estimate of drug-likeness (QED) is 0.538. The van der Waals surface area contributed by atoms with Gasteiger partial charge in [-0.15, -0.1) is 0 Å². The summed E-state index contributed by atoms with van der Waals surface area (Å²) in [5.41, 5.74) is 2.09. The van der Waals surface area contributed by atoms with E-state index in [0.717, 1.165) is 11.3 Å². The predicted molar refractivity (Wildman–Crippen MR) is 50.6 cm³/mol. The maximum Gasteiger partial charge on any atom is -0.0232 e. The Morgan fingerprint density at radius 3 is 2.36 bits per heavy atom. The summed E-state index contributed by atoms with van der Waals surface area (Å²) in [6.45, 7) is 10.8. The molecule has 1 saturated carbocycles. The molecule has 0 N–H and O–H groups in total. The van der Waals surface area contributed by atoms with E-state index in [1.807, 2.05) is 0 Å². The summed E-state index contributed by atoms with van der Waals surface area (Å²) in [4.78, 5) is 0. The Labute approximate surface area is 70.7 Å². The lowest BCUT2D eigenvalue weighted by molar-refractivity contribution is 0.390. The van der Waals surface area contributed by atoms with Crippen molar-refractivity contribution in [2.24, 2.45) is 11.3 Å². The van der Waals surface area contributed by atoms with Crippen molar-refractivity contribution in [3.63, 3.8) is 0 Å². The maximum atomic E-state index is 4.00. The highest BCUT2D eigenvalue weighted by atomic mass is 14.5. The molecule has 0 saturated heterocycles. The van der Waals surface area contributed by atoms with E-state index in [1.54, 1.807) is 0 Å². The molecule has 1 fully saturated rings. The zero-order valence-electron chi connectivity index (χ0n) is 8.11. The Balaban J connectivity index is 2.35. The highest BCUT2D eigenvalue weighted by Crippen LogP contribution is 2.53. The Morgan fingerprint density at radius 2 is 2.09 bits per heavy atom. The van der Waals surface area contributed by atoms with E-state index in [-0.39, 0.29) is 0 Å². The fourth-order valence-corrected chi connectivity index (χ4v) is 1.70. The summed E-state index contributed by atoms with van der Waals surface area (Å²) >= 11 is 0. The van der Waals surface area contributed by atoms with E-state index in [4.69, 9.17) is 0 Å². The fraction of sp³-hybridized carbons (Fsp3) is 0.818. The van der Waals surface area contributed by atoms with E-state index in [1.165, 1.54) is 31.3 Å². The van der Waals surface area contributed by atoms with Crippen LogP contribution in [0.4, 0.5) is 0 Å². The van der Waals surface area contributed by atoms with E-state index in [2.05, 4.69) is 27.4 Å². The lowest BCUT2D eigenvalue weighted by Crippen LogP contribution is -2.06. The first-order valence-electron chi connectivity index (χ1n) is 4.75. The molecule has 0 aliphatic heterocycles. The van der Waals surface area contributed by atoms with Crippen LogP contribution in [0.25, 0.3) is 0 Å². The van der Waals surface area contributed by atoms with Gasteiger partial charge in [0.05, 0.1) is 0 Å². The number of rotatable bonds is 4. The molecule has 0 nitrogen and oxygen atoms in total. The number of allylic oxidation sites excluding steroid dienone is 1. The average Bonchev–Trinajstić information content (AvgIpc) is 2.69. The third kappa shape index (κ3) is 2.08. The van der Waals surface area contributed by atoms with Gasteiger partial charge in [-0.3, -0.25) is 0 Å². The van der Waals surface area contributed by atoms with Gasteiger partial charge in [0.15, 0.2) is 0 Å². The van der Waals surface area contributed by atoms with Crippen LogP contribution in [0.2, 0.25) is 0 Å². The van der Waals surface area contributed by atoms with Crippen molar-refractivity contribution in [3.05, 3.63) is 12.2 Å². The smallest absolute Gasteiger partial charge is 0.0232 e. The van der Waals surface area contributed by atoms with E-state index < -0.39 is 0 Å². The Kier molecular flexibility index (Phi) is 2.41. The summed E-state index contributed by atoms with van der Waals surface area (Å²) in [5, 5.41) is 0. The molecule has 0 amide bonds. The fourth-order valence-electron chi connectivity index (χ4n) is 1.70. The van der Waals surface area contributed by atoms with Crippen molar-refractivity contribution >= 4 is 0 Å². The van der Waals surface area contributed by atoms with Gasteiger partial charge in [0.1, 0.15) is 0 Å². The average molecular weight is 152 g/mol. The molecule has 64 valence electrons. The zero-order chi connectivity index (χ0) is 8.48. The normalized spacial score (nSPS) is 22.8. The van der Waals surface area contributed by atoms with E-state index in [9.17, 15) is 0 Å². The molecule has 0 heteroatoms. The first-order valence-corrected chi connectivity index (χ1v) is 4.75. The van der Waals surface area contributed by atoms with Gasteiger partial charge in [-0.05, 0) is 37.5 Å². The summed E-state index contributed by atoms with van der Waals surface area (Å²) in [6.07, 6.45) is 5.66. The molecule has 0 heterocycles. The first-order chi connectivity index (χ1) is 5.09. The van der Waals surface area contributed by atoms with Crippen LogP contribution in [-0.2, 0) is 0 Å². The molecule has 0 aromatic carbocycles. The van der Waals surface area contributed by atoms with Crippen molar-refractivity contribution in [2.45, 2.75) is 46.5 Å². The molecule has 1 atom stereocenters. The molecule has 1 unspecified atom stereocenters. The van der Waals surface area contributed by atoms with Crippen LogP contribution in [0.5, 0.6) is 0 Å². The lowest BCUT2D eigenvalue weighted by Gasteiger charge is -2.18. The summed E-state index contributed by atoms with van der Waals surface area (Å²) in [6, 6.07) is 0. The van der Waals surface area contributed by atoms with Crippen LogP contribution in [-0.4, -0.2) is 0 Å². The van der Waals surface area contributed by atoms with Crippen molar-refractivity contribution in [2.75, 3.05) is 0 Å². The van der Waals surface area contributed by atoms with Gasteiger partial charge in [-0.25, -0.2) is 0 Å². The van der Waals surface area contributed by atoms with E-state index in [0.29, 0.717) is 0 Å². The number of hydrogen-bond donors (Lipinski definition) is 0. The Hall–Kier alpha value is -0.260. The molecular formula is C11H20. The van der Waals surface area contributed by atoms with Gasteiger partial charge in [-0.1, -0.05) is 32.4 Å². The predicted octanol–water partition coefficient (Wildman–Crippen LogP) is 3.78. The van der Waals surface area contributed by atoms with Crippen LogP contribution in [0, 0.1) is 11.3 Å². The molecule has 0 radical (unpaired) electrons. The summed E-state index contributed by atoms with van der Waals surface area (Å²) in [5.74, 6) is 0.734. The molecular weight excluding hydrogens is 132 g/mol. The van der Waals surface area contributed by atoms with Gasteiger partial charge in [0.2, 0.25) is 0 Å². The standard InChI is InChI=1S/C11H20/c1-5-11(6-7-11)8-10(4)9(2)3/h10H,2,5-8H2,1,3-4H3. The van der Waals surface area contributed by atoms with Crippen LogP contribution in [0.15, 0.2) is 12.2 Å². The van der Waals surface area contributed by atoms with E-state index >= 15 is 0 Å². The molecule has 1 aliphatic carbocycles. The molecule has 0 aromatic rings. The topological polar surface area (TPSA) is 0 Å². The molecule has 1 rings (SSSR count). The van der Waals surface area contributed by atoms with Crippen molar-refractivity contribution in [1.82, 2.24) is 0 Å². The summed E-state index contributed by atoms with van der Waals surface area (Å²) < 4.78 is 0. The van der Waals surface area contributed by atoms with Crippen molar-refractivity contribution < 1.29 is 0 Å². The van der Waals surface area contributed by atoms with Crippen LogP contribution in [0.3, 0.4) is 0 Å². The van der Waals surface area contributed by atoms with Gasteiger partial charge < -0.3 is 0 Å². The first kappa shape index (κ1) is 8.83. The second kappa shape index (κ2) is 3.00. The minimum atomic E-state index is 0.734. The van der Waals surface area contributed by atoms with Crippen molar-refractivity contribution in [1.29, 1.82) is 0 Å². The SMILES string of the molecule is C=C(C)C(C)CC1(CC)CC1. The van der Waals surface area contributed by atoms with Gasteiger partial charge in [0.25, 0.3) is 0 Å². The van der Waals surface area contributed by atoms with Crippen LogP contribution in [0.1, 0.15) is 46.5 Å². The number of hydrogen-bond acceptors (Lipinski definition) is 0. The minimum Gasteiger partial charge on any atom is -0.0999 e. The van der Waals surface area contributed by atoms with Gasteiger partial charge in [-0.2, -0.15) is 0 Å². The molecule has 0 bridgehead atoms. The Morgan fingerprint density at radius 1 is 1.55 bits per heavy atom. The van der Waals surface area contributed by atoms with Gasteiger partial charge >= 0.3 is 0 Å². The zero-order valence-corrected chi connectivity index (χ0v) is 8.11. The second-order valence-corrected chi connectivity index (χ2v) is 4.31. The molecule has 0 aromatic heterocycles. The molecule has 1 aliphatic rings. The second-order valence-electron chi connectivity index (χ2n) is 4.31.